The molecule has 0 aliphatic heterocycles. The second-order valence-corrected chi connectivity index (χ2v) is 4.27. The molecule has 2 rings (SSSR count). The van der Waals surface area contributed by atoms with Gasteiger partial charge in [-0.1, -0.05) is 11.6 Å². The largest absolute Gasteiger partial charge is 0.478 e. The molecule has 4 nitrogen and oxygen atoms in total. The first-order chi connectivity index (χ1) is 8.97. The Morgan fingerprint density at radius 2 is 2.00 bits per heavy atom. The third kappa shape index (κ3) is 2.95. The number of rotatable bonds is 3. The van der Waals surface area contributed by atoms with Crippen LogP contribution in [0.1, 0.15) is 10.4 Å². The highest BCUT2D eigenvalue weighted by molar-refractivity contribution is 6.31. The van der Waals surface area contributed by atoms with Crippen LogP contribution in [0.15, 0.2) is 36.4 Å². The number of anilines is 3. The van der Waals surface area contributed by atoms with Crippen molar-refractivity contribution in [2.45, 2.75) is 0 Å². The second-order valence-electron chi connectivity index (χ2n) is 3.86. The number of nitrogens with one attached hydrogen (secondary N) is 1. The average molecular weight is 281 g/mol. The van der Waals surface area contributed by atoms with E-state index in [9.17, 15) is 9.18 Å². The van der Waals surface area contributed by atoms with Gasteiger partial charge >= 0.3 is 5.97 Å². The number of halogens is 2. The third-order valence-electron chi connectivity index (χ3n) is 2.47. The molecule has 19 heavy (non-hydrogen) atoms. The molecule has 0 unspecified atom stereocenters. The molecule has 0 aliphatic rings. The zero-order valence-electron chi connectivity index (χ0n) is 9.65. The summed E-state index contributed by atoms with van der Waals surface area (Å²) in [5.41, 5.74) is 6.88. The van der Waals surface area contributed by atoms with E-state index in [1.54, 1.807) is 0 Å². The maximum absolute atomic E-state index is 13.0. The SMILES string of the molecule is Nc1ccc(C(=O)O)c(Nc2ccc(F)c(Cl)c2)c1. The van der Waals surface area contributed by atoms with E-state index in [2.05, 4.69) is 5.32 Å². The Kier molecular flexibility index (Phi) is 3.57. The van der Waals surface area contributed by atoms with E-state index >= 15 is 0 Å². The maximum atomic E-state index is 13.0. The van der Waals surface area contributed by atoms with Gasteiger partial charge in [-0.05, 0) is 36.4 Å². The summed E-state index contributed by atoms with van der Waals surface area (Å²) in [5, 5.41) is 11.9. The number of aromatic carboxylic acids is 1. The van der Waals surface area contributed by atoms with E-state index < -0.39 is 11.8 Å². The zero-order valence-corrected chi connectivity index (χ0v) is 10.4. The Morgan fingerprint density at radius 1 is 1.26 bits per heavy atom. The quantitative estimate of drug-likeness (QED) is 0.752. The topological polar surface area (TPSA) is 75.4 Å². The van der Waals surface area contributed by atoms with Crippen molar-refractivity contribution in [2.75, 3.05) is 11.1 Å². The first kappa shape index (κ1) is 13.2. The Labute approximate surface area is 113 Å². The van der Waals surface area contributed by atoms with Crippen LogP contribution in [0.4, 0.5) is 21.5 Å². The van der Waals surface area contributed by atoms with Gasteiger partial charge in [-0.3, -0.25) is 0 Å². The molecule has 0 amide bonds. The van der Waals surface area contributed by atoms with E-state index in [4.69, 9.17) is 22.4 Å². The summed E-state index contributed by atoms with van der Waals surface area (Å²) < 4.78 is 13.0. The van der Waals surface area contributed by atoms with Crippen LogP contribution in [0.2, 0.25) is 5.02 Å². The van der Waals surface area contributed by atoms with E-state index in [1.807, 2.05) is 0 Å². The van der Waals surface area contributed by atoms with E-state index in [1.165, 1.54) is 36.4 Å². The summed E-state index contributed by atoms with van der Waals surface area (Å²) in [4.78, 5) is 11.1. The van der Waals surface area contributed by atoms with Crippen molar-refractivity contribution < 1.29 is 14.3 Å². The van der Waals surface area contributed by atoms with Crippen LogP contribution < -0.4 is 11.1 Å². The van der Waals surface area contributed by atoms with Gasteiger partial charge in [0.15, 0.2) is 0 Å². The van der Waals surface area contributed by atoms with Crippen LogP contribution in [0.25, 0.3) is 0 Å². The smallest absolute Gasteiger partial charge is 0.337 e. The minimum absolute atomic E-state index is 0.0502. The molecule has 0 bridgehead atoms. The molecule has 2 aromatic rings. The molecular weight excluding hydrogens is 271 g/mol. The molecule has 0 saturated carbocycles. The molecule has 0 spiro atoms. The first-order valence-corrected chi connectivity index (χ1v) is 5.70. The van der Waals surface area contributed by atoms with Gasteiger partial charge in [0.05, 0.1) is 16.3 Å². The summed E-state index contributed by atoms with van der Waals surface area (Å²) in [5.74, 6) is -1.63. The van der Waals surface area contributed by atoms with Crippen LogP contribution >= 0.6 is 11.6 Å². The fourth-order valence-electron chi connectivity index (χ4n) is 1.58. The highest BCUT2D eigenvalue weighted by Gasteiger charge is 2.11. The lowest BCUT2D eigenvalue weighted by Crippen LogP contribution is -2.03. The highest BCUT2D eigenvalue weighted by atomic mass is 35.5. The van der Waals surface area contributed by atoms with Crippen molar-refractivity contribution in [3.05, 3.63) is 52.8 Å². The van der Waals surface area contributed by atoms with Crippen molar-refractivity contribution in [1.29, 1.82) is 0 Å². The number of nitrogens with two attached hydrogens (primary N) is 1. The van der Waals surface area contributed by atoms with E-state index in [-0.39, 0.29) is 10.6 Å². The Bertz CT molecular complexity index is 647. The summed E-state index contributed by atoms with van der Waals surface area (Å²) in [6.07, 6.45) is 0. The van der Waals surface area contributed by atoms with Crippen LogP contribution in [0.5, 0.6) is 0 Å². The Morgan fingerprint density at radius 3 is 2.63 bits per heavy atom. The van der Waals surface area contributed by atoms with Crippen molar-refractivity contribution in [3.8, 4) is 0 Å². The molecule has 0 aromatic heterocycles. The standard InChI is InChI=1S/C13H10ClFN2O2/c14-10-6-8(2-4-11(10)15)17-12-5-7(16)1-3-9(12)13(18)19/h1-6,17H,16H2,(H,18,19). The fourth-order valence-corrected chi connectivity index (χ4v) is 1.76. The van der Waals surface area contributed by atoms with Gasteiger partial charge in [-0.15, -0.1) is 0 Å². The molecule has 0 atom stereocenters. The molecule has 6 heteroatoms. The van der Waals surface area contributed by atoms with Gasteiger partial charge in [0, 0.05) is 11.4 Å². The molecule has 0 radical (unpaired) electrons. The van der Waals surface area contributed by atoms with E-state index in [0.29, 0.717) is 17.1 Å². The minimum atomic E-state index is -1.09. The molecule has 0 fully saturated rings. The number of carboxylic acid groups (broad SMARTS) is 1. The van der Waals surface area contributed by atoms with Gasteiger partial charge in [0.2, 0.25) is 0 Å². The van der Waals surface area contributed by atoms with Crippen LogP contribution in [0.3, 0.4) is 0 Å². The number of carbonyl (C=O) groups is 1. The molecule has 2 aromatic carbocycles. The van der Waals surface area contributed by atoms with Gasteiger partial charge in [-0.25, -0.2) is 9.18 Å². The summed E-state index contributed by atoms with van der Waals surface area (Å²) in [6.45, 7) is 0. The predicted octanol–water partition coefficient (Wildman–Crippen LogP) is 3.50. The van der Waals surface area contributed by atoms with Crippen molar-refractivity contribution in [3.63, 3.8) is 0 Å². The lowest BCUT2D eigenvalue weighted by Gasteiger charge is -2.11. The van der Waals surface area contributed by atoms with Gasteiger partial charge < -0.3 is 16.2 Å². The number of hydrogen-bond donors (Lipinski definition) is 3. The van der Waals surface area contributed by atoms with Crippen molar-refractivity contribution in [2.24, 2.45) is 0 Å². The van der Waals surface area contributed by atoms with Crippen molar-refractivity contribution in [1.82, 2.24) is 0 Å². The van der Waals surface area contributed by atoms with Crippen LogP contribution in [-0.4, -0.2) is 11.1 Å². The summed E-state index contributed by atoms with van der Waals surface area (Å²) in [7, 11) is 0. The van der Waals surface area contributed by atoms with Gasteiger partial charge in [0.25, 0.3) is 0 Å². The predicted molar refractivity (Wildman–Crippen MR) is 72.5 cm³/mol. The number of carboxylic acids is 1. The molecule has 4 N–H and O–H groups in total. The zero-order chi connectivity index (χ0) is 14.0. The number of benzene rings is 2. The Hall–Kier alpha value is -2.27. The van der Waals surface area contributed by atoms with Crippen molar-refractivity contribution >= 4 is 34.6 Å². The molecule has 98 valence electrons. The van der Waals surface area contributed by atoms with Crippen LogP contribution in [0, 0.1) is 5.82 Å². The molecular formula is C13H10ClFN2O2. The number of nitrogen functional groups attached to an aromatic ring is 1. The monoisotopic (exact) mass is 280 g/mol. The number of hydrogen-bond acceptors (Lipinski definition) is 3. The second kappa shape index (κ2) is 5.16. The molecule has 0 heterocycles. The summed E-state index contributed by atoms with van der Waals surface area (Å²) >= 11 is 5.66. The lowest BCUT2D eigenvalue weighted by atomic mass is 10.1. The third-order valence-corrected chi connectivity index (χ3v) is 2.76. The molecule has 0 saturated heterocycles. The minimum Gasteiger partial charge on any atom is -0.478 e. The van der Waals surface area contributed by atoms with Gasteiger partial charge in [0.1, 0.15) is 5.82 Å². The Balaban J connectivity index is 2.39. The van der Waals surface area contributed by atoms with Gasteiger partial charge in [-0.2, -0.15) is 0 Å². The first-order valence-electron chi connectivity index (χ1n) is 5.32. The van der Waals surface area contributed by atoms with Crippen LogP contribution in [-0.2, 0) is 0 Å². The summed E-state index contributed by atoms with van der Waals surface area (Å²) in [6, 6.07) is 8.39. The highest BCUT2D eigenvalue weighted by Crippen LogP contribution is 2.26. The normalized spacial score (nSPS) is 10.2. The van der Waals surface area contributed by atoms with E-state index in [0.717, 1.165) is 0 Å². The molecule has 0 aliphatic carbocycles. The average Bonchev–Trinajstić information content (AvgIpc) is 2.33. The lowest BCUT2D eigenvalue weighted by molar-refractivity contribution is 0.0698. The fraction of sp³-hybridized carbons (Fsp3) is 0. The maximum Gasteiger partial charge on any atom is 0.337 e.